The van der Waals surface area contributed by atoms with Gasteiger partial charge in [-0.2, -0.15) is 11.8 Å². The Morgan fingerprint density at radius 3 is 2.90 bits per heavy atom. The largest absolute Gasteiger partial charge is 0.352 e. The van der Waals surface area contributed by atoms with Crippen LogP contribution < -0.4 is 5.32 Å². The minimum absolute atomic E-state index is 0.00319. The Kier molecular flexibility index (Phi) is 6.38. The first-order valence-corrected chi connectivity index (χ1v) is 4.60. The molecule has 0 unspecified atom stereocenters. The van der Waals surface area contributed by atoms with Gasteiger partial charge in [-0.15, -0.1) is 0 Å². The van der Waals surface area contributed by atoms with Crippen molar-refractivity contribution in [2.45, 2.75) is 6.92 Å². The molecule has 1 amide bonds. The maximum absolute atomic E-state index is 10.7. The highest BCUT2D eigenvalue weighted by atomic mass is 32.2. The summed E-state index contributed by atoms with van der Waals surface area (Å²) in [5.74, 6) is 0.972. The van der Waals surface area contributed by atoms with Crippen LogP contribution in [0.3, 0.4) is 0 Å². The molecule has 0 saturated heterocycles. The first kappa shape index (κ1) is 9.56. The van der Waals surface area contributed by atoms with E-state index in [2.05, 4.69) is 5.32 Å². The molecule has 0 bridgehead atoms. The van der Waals surface area contributed by atoms with Gasteiger partial charge < -0.3 is 5.32 Å². The molecule has 0 fully saturated rings. The molecule has 0 aliphatic rings. The van der Waals surface area contributed by atoms with Crippen molar-refractivity contribution in [1.82, 2.24) is 5.32 Å². The average Bonchev–Trinajstić information content (AvgIpc) is 1.89. The average molecular weight is 159 g/mol. The third-order valence-corrected chi connectivity index (χ3v) is 1.54. The van der Waals surface area contributed by atoms with Crippen molar-refractivity contribution in [1.29, 1.82) is 0 Å². The topological polar surface area (TPSA) is 29.1 Å². The number of hydrogen-bond donors (Lipinski definition) is 1. The summed E-state index contributed by atoms with van der Waals surface area (Å²) in [7, 11) is 0. The van der Waals surface area contributed by atoms with E-state index in [1.54, 1.807) is 17.8 Å². The van der Waals surface area contributed by atoms with E-state index in [1.807, 2.05) is 13.2 Å². The SMILES string of the molecule is CC=CC(=O)NCCSC. The second kappa shape index (κ2) is 6.68. The summed E-state index contributed by atoms with van der Waals surface area (Å²) >= 11 is 1.72. The van der Waals surface area contributed by atoms with Crippen LogP contribution in [0, 0.1) is 0 Å². The molecule has 10 heavy (non-hydrogen) atoms. The number of carbonyl (C=O) groups excluding carboxylic acids is 1. The Morgan fingerprint density at radius 2 is 2.40 bits per heavy atom. The second-order valence-corrected chi connectivity index (χ2v) is 2.77. The zero-order chi connectivity index (χ0) is 7.82. The standard InChI is InChI=1S/C7H13NOS/c1-3-4-7(9)8-5-6-10-2/h3-4H,5-6H2,1-2H3,(H,8,9). The molecule has 0 aromatic carbocycles. The molecule has 0 spiro atoms. The monoisotopic (exact) mass is 159 g/mol. The zero-order valence-corrected chi connectivity index (χ0v) is 7.20. The van der Waals surface area contributed by atoms with Crippen LogP contribution in [-0.2, 0) is 4.79 Å². The number of rotatable bonds is 4. The molecule has 1 N–H and O–H groups in total. The molecule has 2 nitrogen and oxygen atoms in total. The molecule has 0 aliphatic heterocycles. The second-order valence-electron chi connectivity index (χ2n) is 1.78. The Labute approximate surface area is 66.1 Å². The van der Waals surface area contributed by atoms with Gasteiger partial charge in [-0.25, -0.2) is 0 Å². The van der Waals surface area contributed by atoms with Gasteiger partial charge in [0, 0.05) is 12.3 Å². The van der Waals surface area contributed by atoms with E-state index in [4.69, 9.17) is 0 Å². The van der Waals surface area contributed by atoms with E-state index in [0.717, 1.165) is 12.3 Å². The molecule has 0 heterocycles. The first-order chi connectivity index (χ1) is 4.81. The van der Waals surface area contributed by atoms with Gasteiger partial charge in [0.05, 0.1) is 0 Å². The molecule has 0 aliphatic carbocycles. The van der Waals surface area contributed by atoms with Crippen LogP contribution in [0.25, 0.3) is 0 Å². The van der Waals surface area contributed by atoms with E-state index < -0.39 is 0 Å². The van der Waals surface area contributed by atoms with Crippen molar-refractivity contribution < 1.29 is 4.79 Å². The lowest BCUT2D eigenvalue weighted by molar-refractivity contribution is -0.116. The lowest BCUT2D eigenvalue weighted by atomic mass is 10.5. The minimum Gasteiger partial charge on any atom is -0.352 e. The van der Waals surface area contributed by atoms with Crippen LogP contribution in [0.5, 0.6) is 0 Å². The summed E-state index contributed by atoms with van der Waals surface area (Å²) in [4.78, 5) is 10.7. The fourth-order valence-electron chi connectivity index (χ4n) is 0.487. The van der Waals surface area contributed by atoms with Crippen LogP contribution in [0.4, 0.5) is 0 Å². The van der Waals surface area contributed by atoms with Crippen molar-refractivity contribution in [3.63, 3.8) is 0 Å². The van der Waals surface area contributed by atoms with Crippen molar-refractivity contribution >= 4 is 17.7 Å². The van der Waals surface area contributed by atoms with Gasteiger partial charge in [-0.1, -0.05) is 6.08 Å². The Balaban J connectivity index is 3.22. The molecule has 0 atom stereocenters. The molecule has 0 rings (SSSR count). The molecule has 0 saturated carbocycles. The predicted octanol–water partition coefficient (Wildman–Crippen LogP) is 1.04. The van der Waals surface area contributed by atoms with Crippen LogP contribution in [0.2, 0.25) is 0 Å². The highest BCUT2D eigenvalue weighted by molar-refractivity contribution is 7.98. The molecular formula is C7H13NOS. The molecule has 0 aromatic rings. The van der Waals surface area contributed by atoms with E-state index in [-0.39, 0.29) is 5.91 Å². The van der Waals surface area contributed by atoms with Gasteiger partial charge in [-0.3, -0.25) is 4.79 Å². The highest BCUT2D eigenvalue weighted by Crippen LogP contribution is 1.86. The lowest BCUT2D eigenvalue weighted by Gasteiger charge is -1.97. The van der Waals surface area contributed by atoms with Crippen LogP contribution in [0.1, 0.15) is 6.92 Å². The van der Waals surface area contributed by atoms with Gasteiger partial charge in [0.2, 0.25) is 5.91 Å². The Bertz CT molecular complexity index is 123. The Morgan fingerprint density at radius 1 is 1.70 bits per heavy atom. The molecule has 58 valence electrons. The van der Waals surface area contributed by atoms with Crippen LogP contribution >= 0.6 is 11.8 Å². The van der Waals surface area contributed by atoms with E-state index in [9.17, 15) is 4.79 Å². The number of carbonyl (C=O) groups is 1. The number of allylic oxidation sites excluding steroid dienone is 1. The Hall–Kier alpha value is -0.440. The van der Waals surface area contributed by atoms with Gasteiger partial charge in [0.15, 0.2) is 0 Å². The quantitative estimate of drug-likeness (QED) is 0.490. The van der Waals surface area contributed by atoms with E-state index in [0.29, 0.717) is 0 Å². The van der Waals surface area contributed by atoms with Crippen molar-refractivity contribution in [2.75, 3.05) is 18.6 Å². The van der Waals surface area contributed by atoms with Gasteiger partial charge >= 0.3 is 0 Å². The summed E-state index contributed by atoms with van der Waals surface area (Å²) in [5.41, 5.74) is 0. The third-order valence-electron chi connectivity index (χ3n) is 0.923. The summed E-state index contributed by atoms with van der Waals surface area (Å²) in [5, 5.41) is 2.74. The number of thioether (sulfide) groups is 1. The molecule has 3 heteroatoms. The van der Waals surface area contributed by atoms with Gasteiger partial charge in [0.1, 0.15) is 0 Å². The molecule has 0 radical (unpaired) electrons. The normalized spacial score (nSPS) is 10.2. The maximum Gasteiger partial charge on any atom is 0.243 e. The summed E-state index contributed by atoms with van der Waals surface area (Å²) in [6.07, 6.45) is 5.27. The van der Waals surface area contributed by atoms with E-state index in [1.165, 1.54) is 6.08 Å². The zero-order valence-electron chi connectivity index (χ0n) is 6.39. The summed E-state index contributed by atoms with van der Waals surface area (Å²) < 4.78 is 0. The van der Waals surface area contributed by atoms with E-state index >= 15 is 0 Å². The number of nitrogens with one attached hydrogen (secondary N) is 1. The molecular weight excluding hydrogens is 146 g/mol. The van der Waals surface area contributed by atoms with Gasteiger partial charge in [-0.05, 0) is 19.3 Å². The van der Waals surface area contributed by atoms with Gasteiger partial charge in [0.25, 0.3) is 0 Å². The van der Waals surface area contributed by atoms with Crippen LogP contribution in [-0.4, -0.2) is 24.5 Å². The van der Waals surface area contributed by atoms with Crippen molar-refractivity contribution in [3.8, 4) is 0 Å². The number of hydrogen-bond acceptors (Lipinski definition) is 2. The third kappa shape index (κ3) is 5.69. The number of amides is 1. The van der Waals surface area contributed by atoms with Crippen molar-refractivity contribution in [3.05, 3.63) is 12.2 Å². The minimum atomic E-state index is -0.00319. The predicted molar refractivity (Wildman–Crippen MR) is 46.2 cm³/mol. The first-order valence-electron chi connectivity index (χ1n) is 3.20. The summed E-state index contributed by atoms with van der Waals surface area (Å²) in [6.45, 7) is 2.58. The smallest absolute Gasteiger partial charge is 0.243 e. The highest BCUT2D eigenvalue weighted by Gasteiger charge is 1.90. The molecule has 0 aromatic heterocycles. The van der Waals surface area contributed by atoms with Crippen molar-refractivity contribution in [2.24, 2.45) is 0 Å². The van der Waals surface area contributed by atoms with Crippen LogP contribution in [0.15, 0.2) is 12.2 Å². The maximum atomic E-state index is 10.7. The lowest BCUT2D eigenvalue weighted by Crippen LogP contribution is -2.23. The fraction of sp³-hybridized carbons (Fsp3) is 0.571. The fourth-order valence-corrected chi connectivity index (χ4v) is 0.793. The summed E-state index contributed by atoms with van der Waals surface area (Å²) in [6, 6.07) is 0.